The maximum atomic E-state index is 13.1. The number of nitrogens with zero attached hydrogens (tertiary/aromatic N) is 1. The summed E-state index contributed by atoms with van der Waals surface area (Å²) in [5.41, 5.74) is 2.69. The van der Waals surface area contributed by atoms with Gasteiger partial charge in [-0.15, -0.1) is 0 Å². The Bertz CT molecular complexity index is 1180. The fraction of sp³-hybridized carbons (Fsp3) is 0.143. The highest BCUT2D eigenvalue weighted by Crippen LogP contribution is 2.26. The minimum absolute atomic E-state index is 0.00127. The molecule has 1 heterocycles. The number of para-hydroxylation sites is 1. The molecule has 0 aliphatic carbocycles. The highest BCUT2D eigenvalue weighted by molar-refractivity contribution is 7.91. The van der Waals surface area contributed by atoms with Crippen LogP contribution in [0.2, 0.25) is 0 Å². The first-order valence-electron chi connectivity index (χ1n) is 9.16. The number of amides is 1. The minimum Gasteiger partial charge on any atom is -0.497 e. The summed E-state index contributed by atoms with van der Waals surface area (Å²) in [5.74, 6) is -0.243. The number of rotatable bonds is 8. The lowest BCUT2D eigenvalue weighted by molar-refractivity contribution is 0.0707. The third-order valence-electron chi connectivity index (χ3n) is 4.60. The van der Waals surface area contributed by atoms with Crippen LogP contribution in [0.3, 0.4) is 0 Å². The summed E-state index contributed by atoms with van der Waals surface area (Å²) in [4.78, 5) is 16.1. The predicted octanol–water partition coefficient (Wildman–Crippen LogP) is 2.15. The maximum Gasteiger partial charge on any atom is 0.276 e. The molecule has 0 spiro atoms. The van der Waals surface area contributed by atoms with Crippen LogP contribution in [0.5, 0.6) is 5.75 Å². The molecule has 4 N–H and O–H groups in total. The number of benzene rings is 2. The van der Waals surface area contributed by atoms with Gasteiger partial charge in [0.15, 0.2) is 5.03 Å². The van der Waals surface area contributed by atoms with E-state index in [9.17, 15) is 18.3 Å². The van der Waals surface area contributed by atoms with Crippen LogP contribution in [-0.2, 0) is 23.0 Å². The van der Waals surface area contributed by atoms with E-state index in [0.29, 0.717) is 16.9 Å². The Balaban J connectivity index is 1.96. The van der Waals surface area contributed by atoms with Crippen molar-refractivity contribution in [2.75, 3.05) is 12.4 Å². The molecule has 0 saturated carbocycles. The Labute approximate surface area is 179 Å². The number of aliphatic hydroxyl groups excluding tert-OH is 1. The number of carbonyl (C=O) groups excluding carboxylic acids is 1. The van der Waals surface area contributed by atoms with E-state index in [1.807, 2.05) is 0 Å². The second-order valence-corrected chi connectivity index (χ2v) is 8.30. The Morgan fingerprint density at radius 1 is 1.06 bits per heavy atom. The molecule has 2 aromatic carbocycles. The van der Waals surface area contributed by atoms with Gasteiger partial charge in [0.1, 0.15) is 5.75 Å². The lowest BCUT2D eigenvalue weighted by atomic mass is 10.1. The van der Waals surface area contributed by atoms with Gasteiger partial charge in [-0.05, 0) is 36.4 Å². The Kier molecular flexibility index (Phi) is 6.85. The third kappa shape index (κ3) is 4.66. The zero-order valence-electron chi connectivity index (χ0n) is 16.6. The van der Waals surface area contributed by atoms with Gasteiger partial charge in [0.05, 0.1) is 29.9 Å². The summed E-state index contributed by atoms with van der Waals surface area (Å²) in [6, 6.07) is 13.8. The SMILES string of the molecule is COc1ccc(S(=O)(=O)c2ncccc2CNc2c(CO)cccc2C(=O)NO)cc1. The quantitative estimate of drug-likeness (QED) is 0.307. The normalized spacial score (nSPS) is 11.1. The zero-order chi connectivity index (χ0) is 22.4. The highest BCUT2D eigenvalue weighted by atomic mass is 32.2. The number of hydrogen-bond acceptors (Lipinski definition) is 8. The number of carbonyl (C=O) groups is 1. The molecule has 0 unspecified atom stereocenters. The van der Waals surface area contributed by atoms with Gasteiger partial charge < -0.3 is 15.2 Å². The van der Waals surface area contributed by atoms with E-state index in [0.717, 1.165) is 0 Å². The maximum absolute atomic E-state index is 13.1. The summed E-state index contributed by atoms with van der Waals surface area (Å²) < 4.78 is 31.4. The Hall–Kier alpha value is -3.47. The Morgan fingerprint density at radius 2 is 1.77 bits per heavy atom. The second-order valence-electron chi connectivity index (χ2n) is 6.44. The lowest BCUT2D eigenvalue weighted by Crippen LogP contribution is -2.21. The standard InChI is InChI=1S/C21H21N3O6S/c1-30-16-7-9-17(10-8-16)31(28,29)21-14(5-3-11-22-21)12-23-19-15(13-25)4-2-6-18(19)20(26)24-27/h2-11,23,25,27H,12-13H2,1H3,(H,24,26). The summed E-state index contributed by atoms with van der Waals surface area (Å²) >= 11 is 0. The average Bonchev–Trinajstić information content (AvgIpc) is 2.82. The van der Waals surface area contributed by atoms with E-state index in [-0.39, 0.29) is 34.3 Å². The first-order chi connectivity index (χ1) is 14.9. The smallest absolute Gasteiger partial charge is 0.276 e. The number of aliphatic hydroxyl groups is 1. The number of pyridine rings is 1. The van der Waals surface area contributed by atoms with Crippen molar-refractivity contribution in [1.82, 2.24) is 10.5 Å². The number of hydrogen-bond donors (Lipinski definition) is 4. The highest BCUT2D eigenvalue weighted by Gasteiger charge is 2.23. The largest absolute Gasteiger partial charge is 0.497 e. The van der Waals surface area contributed by atoms with Crippen LogP contribution in [-0.4, -0.2) is 36.7 Å². The molecule has 0 fully saturated rings. The first kappa shape index (κ1) is 22.2. The molecule has 31 heavy (non-hydrogen) atoms. The fourth-order valence-corrected chi connectivity index (χ4v) is 4.44. The summed E-state index contributed by atoms with van der Waals surface area (Å²) in [5, 5.41) is 21.5. The van der Waals surface area contributed by atoms with Crippen molar-refractivity contribution < 1.29 is 28.3 Å². The molecule has 9 nitrogen and oxygen atoms in total. The van der Waals surface area contributed by atoms with Crippen LogP contribution in [0.1, 0.15) is 21.5 Å². The van der Waals surface area contributed by atoms with E-state index in [1.54, 1.807) is 41.9 Å². The van der Waals surface area contributed by atoms with Crippen LogP contribution < -0.4 is 15.5 Å². The van der Waals surface area contributed by atoms with Gasteiger partial charge in [-0.2, -0.15) is 0 Å². The molecule has 1 aromatic heterocycles. The molecule has 1 amide bonds. The van der Waals surface area contributed by atoms with Gasteiger partial charge in [-0.1, -0.05) is 18.2 Å². The Morgan fingerprint density at radius 3 is 2.42 bits per heavy atom. The van der Waals surface area contributed by atoms with E-state index in [4.69, 9.17) is 9.94 Å². The van der Waals surface area contributed by atoms with Crippen LogP contribution >= 0.6 is 0 Å². The van der Waals surface area contributed by atoms with Gasteiger partial charge in [0.25, 0.3) is 5.91 Å². The number of nitrogens with one attached hydrogen (secondary N) is 2. The molecular weight excluding hydrogens is 422 g/mol. The number of methoxy groups -OCH3 is 1. The van der Waals surface area contributed by atoms with Gasteiger partial charge >= 0.3 is 0 Å². The number of ether oxygens (including phenoxy) is 1. The predicted molar refractivity (Wildman–Crippen MR) is 112 cm³/mol. The van der Waals surface area contributed by atoms with E-state index >= 15 is 0 Å². The average molecular weight is 443 g/mol. The minimum atomic E-state index is -3.92. The van der Waals surface area contributed by atoms with Gasteiger partial charge in [-0.25, -0.2) is 18.9 Å². The van der Waals surface area contributed by atoms with Gasteiger partial charge in [0.2, 0.25) is 9.84 Å². The monoisotopic (exact) mass is 443 g/mol. The van der Waals surface area contributed by atoms with Crippen molar-refractivity contribution in [3.8, 4) is 5.75 Å². The van der Waals surface area contributed by atoms with Crippen molar-refractivity contribution in [3.63, 3.8) is 0 Å². The van der Waals surface area contributed by atoms with Crippen LogP contribution in [0, 0.1) is 0 Å². The van der Waals surface area contributed by atoms with Crippen molar-refractivity contribution >= 4 is 21.4 Å². The van der Waals surface area contributed by atoms with Gasteiger partial charge in [0, 0.05) is 23.9 Å². The molecule has 3 rings (SSSR count). The number of anilines is 1. The molecule has 162 valence electrons. The molecule has 0 atom stereocenters. The number of sulfone groups is 1. The zero-order valence-corrected chi connectivity index (χ0v) is 17.4. The van der Waals surface area contributed by atoms with Crippen LogP contribution in [0.4, 0.5) is 5.69 Å². The van der Waals surface area contributed by atoms with Crippen LogP contribution in [0.15, 0.2) is 70.7 Å². The van der Waals surface area contributed by atoms with E-state index in [1.165, 1.54) is 31.5 Å². The number of aromatic nitrogens is 1. The third-order valence-corrected chi connectivity index (χ3v) is 6.37. The lowest BCUT2D eigenvalue weighted by Gasteiger charge is -2.16. The molecule has 0 bridgehead atoms. The van der Waals surface area contributed by atoms with E-state index in [2.05, 4.69) is 10.3 Å². The first-order valence-corrected chi connectivity index (χ1v) is 10.6. The fourth-order valence-electron chi connectivity index (χ4n) is 3.04. The summed E-state index contributed by atoms with van der Waals surface area (Å²) in [6.45, 7) is -0.361. The molecule has 3 aromatic rings. The molecular formula is C21H21N3O6S. The van der Waals surface area contributed by atoms with Crippen LogP contribution in [0.25, 0.3) is 0 Å². The molecule has 0 aliphatic heterocycles. The molecule has 0 aliphatic rings. The van der Waals surface area contributed by atoms with Crippen molar-refractivity contribution in [3.05, 3.63) is 77.5 Å². The molecule has 10 heteroatoms. The van der Waals surface area contributed by atoms with Crippen molar-refractivity contribution in [2.24, 2.45) is 0 Å². The summed E-state index contributed by atoms with van der Waals surface area (Å²) in [7, 11) is -2.43. The van der Waals surface area contributed by atoms with E-state index < -0.39 is 15.7 Å². The molecule has 0 saturated heterocycles. The van der Waals surface area contributed by atoms with Crippen molar-refractivity contribution in [2.45, 2.75) is 23.1 Å². The molecule has 0 radical (unpaired) electrons. The topological polar surface area (TPSA) is 138 Å². The van der Waals surface area contributed by atoms with Crippen molar-refractivity contribution in [1.29, 1.82) is 0 Å². The number of hydroxylamine groups is 1. The van der Waals surface area contributed by atoms with Gasteiger partial charge in [-0.3, -0.25) is 10.0 Å². The summed E-state index contributed by atoms with van der Waals surface area (Å²) in [6.07, 6.45) is 1.38. The second kappa shape index (κ2) is 9.56.